The van der Waals surface area contributed by atoms with E-state index in [9.17, 15) is 9.90 Å². The molecule has 3 aromatic carbocycles. The fourth-order valence-electron chi connectivity index (χ4n) is 2.80. The lowest BCUT2D eigenvalue weighted by Crippen LogP contribution is -2.29. The fourth-order valence-corrected chi connectivity index (χ4v) is 2.80. The summed E-state index contributed by atoms with van der Waals surface area (Å²) in [5.41, 5.74) is 0.737. The zero-order valence-electron chi connectivity index (χ0n) is 14.6. The summed E-state index contributed by atoms with van der Waals surface area (Å²) in [6.07, 6.45) is -0.853. The number of carboxylic acid groups (broad SMARTS) is 1. The molecule has 0 amide bonds. The second-order valence-corrected chi connectivity index (χ2v) is 5.84. The maximum Gasteiger partial charge on any atom is 0.345 e. The van der Waals surface area contributed by atoms with Crippen molar-refractivity contribution in [2.24, 2.45) is 0 Å². The number of aliphatic carboxylic acids is 1. The Morgan fingerprint density at radius 2 is 1.65 bits per heavy atom. The third-order valence-electron chi connectivity index (χ3n) is 4.17. The highest BCUT2D eigenvalue weighted by molar-refractivity contribution is 5.84. The van der Waals surface area contributed by atoms with Gasteiger partial charge in [-0.15, -0.1) is 0 Å². The van der Waals surface area contributed by atoms with Crippen molar-refractivity contribution in [3.8, 4) is 17.2 Å². The predicted molar refractivity (Wildman–Crippen MR) is 99.2 cm³/mol. The molecule has 0 aliphatic rings. The van der Waals surface area contributed by atoms with E-state index < -0.39 is 12.1 Å². The summed E-state index contributed by atoms with van der Waals surface area (Å²) in [7, 11) is 3.11. The average molecular weight is 352 g/mol. The Morgan fingerprint density at radius 3 is 2.35 bits per heavy atom. The Morgan fingerprint density at radius 1 is 0.923 bits per heavy atom. The molecule has 1 atom stereocenters. The zero-order chi connectivity index (χ0) is 18.5. The van der Waals surface area contributed by atoms with Crippen molar-refractivity contribution in [2.45, 2.75) is 12.5 Å². The highest BCUT2D eigenvalue weighted by atomic mass is 16.5. The van der Waals surface area contributed by atoms with Gasteiger partial charge in [0.15, 0.2) is 6.10 Å². The molecule has 5 nitrogen and oxygen atoms in total. The first-order valence-electron chi connectivity index (χ1n) is 8.20. The largest absolute Gasteiger partial charge is 0.497 e. The van der Waals surface area contributed by atoms with Crippen LogP contribution in [0.1, 0.15) is 5.56 Å². The number of carbonyl (C=O) groups is 1. The minimum atomic E-state index is -1.03. The third-order valence-corrected chi connectivity index (χ3v) is 4.17. The van der Waals surface area contributed by atoms with Crippen LogP contribution in [0, 0.1) is 0 Å². The number of benzene rings is 3. The summed E-state index contributed by atoms with van der Waals surface area (Å²) in [6.45, 7) is 0. The van der Waals surface area contributed by atoms with Crippen LogP contribution >= 0.6 is 0 Å². The van der Waals surface area contributed by atoms with Gasteiger partial charge in [-0.05, 0) is 34.5 Å². The minimum absolute atomic E-state index is 0.176. The third kappa shape index (κ3) is 3.88. The molecule has 5 heteroatoms. The van der Waals surface area contributed by atoms with Crippen LogP contribution in [0.5, 0.6) is 17.2 Å². The topological polar surface area (TPSA) is 65.0 Å². The summed E-state index contributed by atoms with van der Waals surface area (Å²) in [6, 6.07) is 18.7. The zero-order valence-corrected chi connectivity index (χ0v) is 14.6. The lowest BCUT2D eigenvalue weighted by molar-refractivity contribution is -0.145. The van der Waals surface area contributed by atoms with Crippen LogP contribution in [-0.2, 0) is 11.2 Å². The Bertz CT molecular complexity index is 919. The standard InChI is InChI=1S/C21H20O5/c1-24-17-9-8-16(19(13-17)25-2)12-20(21(22)23)26-18-10-7-14-5-3-4-6-15(14)11-18/h3-11,13,20H,12H2,1-2H3,(H,22,23). The van der Waals surface area contributed by atoms with Gasteiger partial charge < -0.3 is 19.3 Å². The number of hydrogen-bond donors (Lipinski definition) is 1. The monoisotopic (exact) mass is 352 g/mol. The van der Waals surface area contributed by atoms with Gasteiger partial charge in [-0.3, -0.25) is 0 Å². The molecule has 3 aromatic rings. The van der Waals surface area contributed by atoms with E-state index in [4.69, 9.17) is 14.2 Å². The van der Waals surface area contributed by atoms with Gasteiger partial charge in [0.2, 0.25) is 0 Å². The van der Waals surface area contributed by atoms with Gasteiger partial charge in [-0.2, -0.15) is 0 Å². The van der Waals surface area contributed by atoms with Crippen molar-refractivity contribution < 1.29 is 24.1 Å². The van der Waals surface area contributed by atoms with Crippen molar-refractivity contribution in [1.29, 1.82) is 0 Å². The average Bonchev–Trinajstić information content (AvgIpc) is 2.67. The highest BCUT2D eigenvalue weighted by Crippen LogP contribution is 2.27. The van der Waals surface area contributed by atoms with Gasteiger partial charge >= 0.3 is 5.97 Å². The molecule has 1 N–H and O–H groups in total. The van der Waals surface area contributed by atoms with Crippen LogP contribution in [0.2, 0.25) is 0 Å². The number of hydrogen-bond acceptors (Lipinski definition) is 4. The highest BCUT2D eigenvalue weighted by Gasteiger charge is 2.22. The van der Waals surface area contributed by atoms with Crippen LogP contribution in [0.25, 0.3) is 10.8 Å². The summed E-state index contributed by atoms with van der Waals surface area (Å²) < 4.78 is 16.3. The van der Waals surface area contributed by atoms with Crippen LogP contribution in [0.3, 0.4) is 0 Å². The number of fused-ring (bicyclic) bond motifs is 1. The fraction of sp³-hybridized carbons (Fsp3) is 0.190. The first-order valence-corrected chi connectivity index (χ1v) is 8.20. The van der Waals surface area contributed by atoms with Crippen LogP contribution in [0.4, 0.5) is 0 Å². The Balaban J connectivity index is 1.84. The molecule has 0 aliphatic heterocycles. The van der Waals surface area contributed by atoms with Crippen molar-refractivity contribution in [3.63, 3.8) is 0 Å². The molecule has 0 saturated carbocycles. The predicted octanol–water partition coefficient (Wildman–Crippen LogP) is 3.93. The second-order valence-electron chi connectivity index (χ2n) is 5.84. The van der Waals surface area contributed by atoms with Gasteiger partial charge in [-0.1, -0.05) is 36.4 Å². The van der Waals surface area contributed by atoms with Crippen LogP contribution < -0.4 is 14.2 Å². The normalized spacial score (nSPS) is 11.8. The van der Waals surface area contributed by atoms with E-state index in [1.165, 1.54) is 7.11 Å². The Hall–Kier alpha value is -3.21. The number of ether oxygens (including phenoxy) is 3. The van der Waals surface area contributed by atoms with E-state index in [1.54, 1.807) is 31.4 Å². The molecule has 0 radical (unpaired) electrons. The van der Waals surface area contributed by atoms with E-state index >= 15 is 0 Å². The van der Waals surface area contributed by atoms with Gasteiger partial charge in [0, 0.05) is 12.5 Å². The molecular formula is C21H20O5. The van der Waals surface area contributed by atoms with Gasteiger partial charge in [-0.25, -0.2) is 4.79 Å². The van der Waals surface area contributed by atoms with Gasteiger partial charge in [0.1, 0.15) is 17.2 Å². The summed E-state index contributed by atoms with van der Waals surface area (Å²) in [4.78, 5) is 11.7. The Kier molecular flexibility index (Phi) is 5.27. The second kappa shape index (κ2) is 7.78. The maximum atomic E-state index is 11.7. The molecule has 0 aliphatic carbocycles. The van der Waals surface area contributed by atoms with E-state index in [0.717, 1.165) is 16.3 Å². The number of carboxylic acids is 1. The van der Waals surface area contributed by atoms with E-state index in [-0.39, 0.29) is 6.42 Å². The van der Waals surface area contributed by atoms with E-state index in [0.29, 0.717) is 17.2 Å². The lowest BCUT2D eigenvalue weighted by atomic mass is 10.1. The van der Waals surface area contributed by atoms with Crippen LogP contribution in [-0.4, -0.2) is 31.4 Å². The quantitative estimate of drug-likeness (QED) is 0.698. The summed E-state index contributed by atoms with van der Waals surface area (Å²) in [5.74, 6) is 0.699. The molecule has 0 bridgehead atoms. The molecule has 0 saturated heterocycles. The molecule has 0 aromatic heterocycles. The molecule has 1 unspecified atom stereocenters. The maximum absolute atomic E-state index is 11.7. The smallest absolute Gasteiger partial charge is 0.345 e. The van der Waals surface area contributed by atoms with Gasteiger partial charge in [0.05, 0.1) is 14.2 Å². The summed E-state index contributed by atoms with van der Waals surface area (Å²) >= 11 is 0. The SMILES string of the molecule is COc1ccc(CC(Oc2ccc3ccccc3c2)C(=O)O)c(OC)c1. The molecule has 0 heterocycles. The lowest BCUT2D eigenvalue weighted by Gasteiger charge is -2.17. The number of rotatable bonds is 7. The van der Waals surface area contributed by atoms with Crippen molar-refractivity contribution in [1.82, 2.24) is 0 Å². The number of methoxy groups -OCH3 is 2. The van der Waals surface area contributed by atoms with Crippen LogP contribution in [0.15, 0.2) is 60.7 Å². The van der Waals surface area contributed by atoms with E-state index in [2.05, 4.69) is 0 Å². The van der Waals surface area contributed by atoms with Crippen molar-refractivity contribution in [2.75, 3.05) is 14.2 Å². The van der Waals surface area contributed by atoms with Crippen molar-refractivity contribution >= 4 is 16.7 Å². The summed E-state index contributed by atoms with van der Waals surface area (Å²) in [5, 5.41) is 11.7. The minimum Gasteiger partial charge on any atom is -0.497 e. The molecule has 134 valence electrons. The van der Waals surface area contributed by atoms with E-state index in [1.807, 2.05) is 36.4 Å². The molecular weight excluding hydrogens is 332 g/mol. The van der Waals surface area contributed by atoms with Gasteiger partial charge in [0.25, 0.3) is 0 Å². The first kappa shape index (κ1) is 17.6. The Labute approximate surface area is 151 Å². The first-order chi connectivity index (χ1) is 12.6. The molecule has 0 fully saturated rings. The van der Waals surface area contributed by atoms with Crippen molar-refractivity contribution in [3.05, 3.63) is 66.2 Å². The molecule has 0 spiro atoms. The molecule has 26 heavy (non-hydrogen) atoms. The molecule has 3 rings (SSSR count).